The molecule has 0 aliphatic heterocycles. The van der Waals surface area contributed by atoms with Crippen molar-refractivity contribution in [2.24, 2.45) is 0 Å². The van der Waals surface area contributed by atoms with Crippen LogP contribution in [0, 0.1) is 11.6 Å². The topological polar surface area (TPSA) is 32.8 Å². The van der Waals surface area contributed by atoms with E-state index in [0.717, 1.165) is 99.5 Å². The summed E-state index contributed by atoms with van der Waals surface area (Å²) >= 11 is 0. The zero-order valence-corrected chi connectivity index (χ0v) is 34.8. The van der Waals surface area contributed by atoms with Crippen molar-refractivity contribution in [1.29, 1.82) is 0 Å². The van der Waals surface area contributed by atoms with Gasteiger partial charge in [-0.3, -0.25) is 0 Å². The third kappa shape index (κ3) is 6.25. The molecule has 0 atom stereocenters. The Labute approximate surface area is 357 Å². The van der Waals surface area contributed by atoms with E-state index in [0.29, 0.717) is 11.8 Å². The van der Waals surface area contributed by atoms with Gasteiger partial charge in [0.05, 0.1) is 0 Å². The van der Waals surface area contributed by atoms with Crippen LogP contribution in [0.5, 0.6) is 0 Å². The van der Waals surface area contributed by atoms with Crippen LogP contribution in [-0.4, -0.2) is 0 Å². The monoisotopic (exact) mass is 812 g/mol. The molecule has 4 nitrogen and oxygen atoms in total. The maximum absolute atomic E-state index is 14.1. The minimum absolute atomic E-state index is 0.273. The minimum Gasteiger partial charge on any atom is -0.455 e. The predicted octanol–water partition coefficient (Wildman–Crippen LogP) is 17.3. The number of hydrogen-bond donors (Lipinski definition) is 0. The molecule has 0 saturated carbocycles. The Morgan fingerprint density at radius 1 is 0.355 bits per heavy atom. The molecule has 0 aliphatic rings. The van der Waals surface area contributed by atoms with Crippen LogP contribution in [0.1, 0.15) is 50.7 Å². The van der Waals surface area contributed by atoms with Gasteiger partial charge in [-0.15, -0.1) is 0 Å². The van der Waals surface area contributed by atoms with Crippen molar-refractivity contribution in [3.05, 3.63) is 193 Å². The number of furan rings is 2. The van der Waals surface area contributed by atoms with Gasteiger partial charge < -0.3 is 18.6 Å². The lowest BCUT2D eigenvalue weighted by molar-refractivity contribution is 0.627. The van der Waals surface area contributed by atoms with Crippen LogP contribution >= 0.6 is 0 Å². The second kappa shape index (κ2) is 14.6. The number of fused-ring (bicyclic) bond motifs is 11. The first-order valence-corrected chi connectivity index (χ1v) is 21.2. The fourth-order valence-corrected chi connectivity index (χ4v) is 9.05. The summed E-state index contributed by atoms with van der Waals surface area (Å²) in [5.74, 6) is 0.277. The van der Waals surface area contributed by atoms with Crippen molar-refractivity contribution in [3.63, 3.8) is 0 Å². The molecule has 0 unspecified atom stereocenters. The van der Waals surface area contributed by atoms with Crippen LogP contribution in [0.15, 0.2) is 179 Å². The fourth-order valence-electron chi connectivity index (χ4n) is 9.05. The molecule has 302 valence electrons. The van der Waals surface area contributed by atoms with Crippen molar-refractivity contribution in [1.82, 2.24) is 0 Å². The first-order chi connectivity index (χ1) is 30.2. The van der Waals surface area contributed by atoms with E-state index in [-0.39, 0.29) is 11.6 Å². The Bertz CT molecular complexity index is 3240. The predicted molar refractivity (Wildman–Crippen MR) is 253 cm³/mol. The molecule has 9 aromatic carbocycles. The fraction of sp³-hybridized carbons (Fsp3) is 0.107. The Morgan fingerprint density at radius 3 is 1.03 bits per heavy atom. The van der Waals surface area contributed by atoms with Gasteiger partial charge >= 0.3 is 0 Å². The summed E-state index contributed by atoms with van der Waals surface area (Å²) in [6.07, 6.45) is 0. The van der Waals surface area contributed by atoms with Gasteiger partial charge in [0.2, 0.25) is 0 Å². The van der Waals surface area contributed by atoms with Crippen LogP contribution in [0.4, 0.5) is 42.9 Å². The highest BCUT2D eigenvalue weighted by Crippen LogP contribution is 2.46. The molecule has 0 aliphatic carbocycles. The van der Waals surface area contributed by atoms with E-state index in [9.17, 15) is 8.78 Å². The summed E-state index contributed by atoms with van der Waals surface area (Å²) in [5, 5.41) is 8.12. The molecule has 2 heterocycles. The van der Waals surface area contributed by atoms with E-state index in [1.807, 2.05) is 36.4 Å². The molecule has 0 radical (unpaired) electrons. The molecule has 11 aromatic rings. The molecule has 0 fully saturated rings. The SMILES string of the molecule is CC(C)c1ccc(N(c2ccc(F)cc2)c2ccc3c(ccc4c3oc3ccc5oc6c7ccc(N(c8ccc(F)cc8)c8ccc(C(C)C)cc8)cc7ccc6c5c34)c2)cc1. The summed E-state index contributed by atoms with van der Waals surface area (Å²) < 4.78 is 41.7. The summed E-state index contributed by atoms with van der Waals surface area (Å²) in [5.41, 5.74) is 11.4. The molecule has 62 heavy (non-hydrogen) atoms. The second-order valence-corrected chi connectivity index (χ2v) is 16.8. The van der Waals surface area contributed by atoms with Crippen molar-refractivity contribution in [2.75, 3.05) is 9.80 Å². The first kappa shape index (κ1) is 37.6. The van der Waals surface area contributed by atoms with Gasteiger partial charge in [0.1, 0.15) is 34.0 Å². The smallest absolute Gasteiger partial charge is 0.143 e. The van der Waals surface area contributed by atoms with E-state index < -0.39 is 0 Å². The first-order valence-electron chi connectivity index (χ1n) is 21.2. The van der Waals surface area contributed by atoms with E-state index in [4.69, 9.17) is 8.83 Å². The van der Waals surface area contributed by atoms with Crippen LogP contribution in [0.25, 0.3) is 65.4 Å². The highest BCUT2D eigenvalue weighted by molar-refractivity contribution is 6.30. The number of rotatable bonds is 8. The highest BCUT2D eigenvalue weighted by atomic mass is 19.1. The Morgan fingerprint density at radius 2 is 0.677 bits per heavy atom. The molecule has 0 bridgehead atoms. The molecule has 2 aromatic heterocycles. The maximum Gasteiger partial charge on any atom is 0.143 e. The summed E-state index contributed by atoms with van der Waals surface area (Å²) in [6, 6.07) is 55.8. The van der Waals surface area contributed by atoms with Gasteiger partial charge in [-0.2, -0.15) is 0 Å². The van der Waals surface area contributed by atoms with E-state index in [1.54, 1.807) is 0 Å². The zero-order chi connectivity index (χ0) is 42.2. The molecule has 0 spiro atoms. The molecule has 0 saturated heterocycles. The van der Waals surface area contributed by atoms with Gasteiger partial charge in [0.25, 0.3) is 0 Å². The summed E-state index contributed by atoms with van der Waals surface area (Å²) in [4.78, 5) is 4.31. The van der Waals surface area contributed by atoms with Crippen LogP contribution < -0.4 is 9.80 Å². The average Bonchev–Trinajstić information content (AvgIpc) is 3.87. The number of hydrogen-bond acceptors (Lipinski definition) is 4. The lowest BCUT2D eigenvalue weighted by Crippen LogP contribution is -2.10. The van der Waals surface area contributed by atoms with E-state index in [2.05, 4.69) is 147 Å². The molecule has 6 heteroatoms. The number of anilines is 6. The van der Waals surface area contributed by atoms with Gasteiger partial charge in [-0.05, 0) is 167 Å². The zero-order valence-electron chi connectivity index (χ0n) is 34.8. The quantitative estimate of drug-likeness (QED) is 0.153. The Kier molecular flexibility index (Phi) is 8.86. The van der Waals surface area contributed by atoms with E-state index >= 15 is 0 Å². The Balaban J connectivity index is 1.02. The van der Waals surface area contributed by atoms with E-state index in [1.165, 1.54) is 35.4 Å². The standard InChI is InChI=1S/C56H42F2N2O2/c1-33(2)35-5-15-41(16-6-35)59(43-19-11-39(57)12-20-43)45-23-27-47-37(31-45)9-25-49-53-51(61-55(47)49)29-30-52-54(53)50-26-10-38-32-46(24-28-48(38)56(50)62-52)60(44-21-13-40(58)14-22-44)42-17-7-36(8-18-42)34(3)4/h5-34H,1-4H3. The van der Waals surface area contributed by atoms with Crippen LogP contribution in [0.2, 0.25) is 0 Å². The van der Waals surface area contributed by atoms with Gasteiger partial charge in [-0.1, -0.05) is 64.1 Å². The third-order valence-corrected chi connectivity index (χ3v) is 12.3. The molecule has 11 rings (SSSR count). The van der Waals surface area contributed by atoms with Crippen LogP contribution in [0.3, 0.4) is 0 Å². The number of nitrogens with zero attached hydrogens (tertiary/aromatic N) is 2. The molecular formula is C56H42F2N2O2. The lowest BCUT2D eigenvalue weighted by atomic mass is 10.00. The second-order valence-electron chi connectivity index (χ2n) is 16.8. The van der Waals surface area contributed by atoms with Crippen LogP contribution in [-0.2, 0) is 0 Å². The largest absolute Gasteiger partial charge is 0.455 e. The maximum atomic E-state index is 14.1. The molecule has 0 amide bonds. The summed E-state index contributed by atoms with van der Waals surface area (Å²) in [6.45, 7) is 8.75. The van der Waals surface area contributed by atoms with Crippen molar-refractivity contribution in [2.45, 2.75) is 39.5 Å². The summed E-state index contributed by atoms with van der Waals surface area (Å²) in [7, 11) is 0. The molecular weight excluding hydrogens is 771 g/mol. The highest BCUT2D eigenvalue weighted by Gasteiger charge is 2.21. The van der Waals surface area contributed by atoms with Gasteiger partial charge in [-0.25, -0.2) is 8.78 Å². The Hall–Kier alpha value is -7.44. The van der Waals surface area contributed by atoms with Crippen molar-refractivity contribution in [3.8, 4) is 0 Å². The average molecular weight is 813 g/mol. The minimum atomic E-state index is -0.273. The normalized spacial score (nSPS) is 12.0. The van der Waals surface area contributed by atoms with Crippen molar-refractivity contribution < 1.29 is 17.6 Å². The number of halogens is 2. The third-order valence-electron chi connectivity index (χ3n) is 12.3. The molecule has 0 N–H and O–H groups in total. The lowest BCUT2D eigenvalue weighted by Gasteiger charge is -2.26. The number of benzene rings is 9. The van der Waals surface area contributed by atoms with Crippen molar-refractivity contribution >= 4 is 99.5 Å². The van der Waals surface area contributed by atoms with Gasteiger partial charge in [0.15, 0.2) is 0 Å². The van der Waals surface area contributed by atoms with Gasteiger partial charge in [0, 0.05) is 66.4 Å².